The molecular formula is C33H32BrN5O4. The van der Waals surface area contributed by atoms with Crippen LogP contribution in [0.5, 0.6) is 0 Å². The molecule has 0 saturated carbocycles. The Kier molecular flexibility index (Phi) is 7.30. The van der Waals surface area contributed by atoms with Crippen molar-refractivity contribution < 1.29 is 14.0 Å². The number of halogens is 1. The number of para-hydroxylation sites is 1. The van der Waals surface area contributed by atoms with Gasteiger partial charge in [-0.15, -0.1) is 0 Å². The maximum atomic E-state index is 13.7. The standard InChI is InChI=1S/C33H32BrN5O4/c34-30-12-11-29(43-30)32(41)35-26-18-23(33(42)37-15-13-36(14-16-37)25-5-2-1-3-6-25)9-10-28(26)38-19-22-17-24(21-38)27-7-4-8-31(40)39(27)20-22/h1-12,18,22,24H,13-17,19-21H2,(H,35,41). The van der Waals surface area contributed by atoms with E-state index in [0.717, 1.165) is 43.1 Å². The fourth-order valence-corrected chi connectivity index (χ4v) is 7.05. The lowest BCUT2D eigenvalue weighted by molar-refractivity contribution is 0.0746. The molecule has 9 nitrogen and oxygen atoms in total. The van der Waals surface area contributed by atoms with E-state index >= 15 is 0 Å². The van der Waals surface area contributed by atoms with E-state index in [-0.39, 0.29) is 29.1 Å². The third kappa shape index (κ3) is 5.47. The van der Waals surface area contributed by atoms with Crippen LogP contribution < -0.4 is 20.7 Å². The van der Waals surface area contributed by atoms with Crippen LogP contribution in [0, 0.1) is 5.92 Å². The first-order valence-corrected chi connectivity index (χ1v) is 15.5. The maximum absolute atomic E-state index is 13.7. The minimum absolute atomic E-state index is 0.0469. The van der Waals surface area contributed by atoms with Crippen molar-refractivity contribution in [3.8, 4) is 0 Å². The van der Waals surface area contributed by atoms with Crippen molar-refractivity contribution in [2.75, 3.05) is 54.4 Å². The molecule has 0 aliphatic carbocycles. The zero-order valence-electron chi connectivity index (χ0n) is 23.6. The van der Waals surface area contributed by atoms with Crippen molar-refractivity contribution in [1.29, 1.82) is 0 Å². The first-order valence-electron chi connectivity index (χ1n) is 14.7. The number of carbonyl (C=O) groups is 2. The smallest absolute Gasteiger partial charge is 0.291 e. The lowest BCUT2D eigenvalue weighted by Gasteiger charge is -2.44. The van der Waals surface area contributed by atoms with Gasteiger partial charge in [0.2, 0.25) is 0 Å². The van der Waals surface area contributed by atoms with Gasteiger partial charge in [-0.2, -0.15) is 0 Å². The van der Waals surface area contributed by atoms with Crippen molar-refractivity contribution in [2.24, 2.45) is 5.92 Å². The topological polar surface area (TPSA) is 91.0 Å². The quantitative estimate of drug-likeness (QED) is 0.328. The molecule has 5 heterocycles. The third-order valence-electron chi connectivity index (χ3n) is 8.80. The van der Waals surface area contributed by atoms with Gasteiger partial charge in [-0.25, -0.2) is 0 Å². The summed E-state index contributed by atoms with van der Waals surface area (Å²) in [6.07, 6.45) is 1.02. The number of nitrogens with one attached hydrogen (secondary N) is 1. The van der Waals surface area contributed by atoms with Crippen molar-refractivity contribution in [3.05, 3.63) is 111 Å². The number of nitrogens with zero attached hydrogens (tertiary/aromatic N) is 4. The Hall–Kier alpha value is -4.31. The predicted molar refractivity (Wildman–Crippen MR) is 169 cm³/mol. The van der Waals surface area contributed by atoms with Crippen LogP contribution >= 0.6 is 15.9 Å². The number of carbonyl (C=O) groups excluding carboxylic acids is 2. The first kappa shape index (κ1) is 27.5. The molecule has 2 aromatic heterocycles. The van der Waals surface area contributed by atoms with Gasteiger partial charge < -0.3 is 29.0 Å². The number of furan rings is 1. The van der Waals surface area contributed by atoms with Crippen molar-refractivity contribution >= 4 is 44.8 Å². The van der Waals surface area contributed by atoms with E-state index in [1.54, 1.807) is 24.3 Å². The van der Waals surface area contributed by atoms with Crippen LogP contribution in [0.15, 0.2) is 92.7 Å². The fourth-order valence-electron chi connectivity index (χ4n) is 6.75. The van der Waals surface area contributed by atoms with Gasteiger partial charge in [0.25, 0.3) is 17.4 Å². The molecule has 0 radical (unpaired) electrons. The van der Waals surface area contributed by atoms with Crippen LogP contribution in [0.1, 0.15) is 38.9 Å². The lowest BCUT2D eigenvalue weighted by atomic mass is 9.83. The number of pyridine rings is 1. The largest absolute Gasteiger partial charge is 0.444 e. The second kappa shape index (κ2) is 11.4. The van der Waals surface area contributed by atoms with Crippen molar-refractivity contribution in [2.45, 2.75) is 18.9 Å². The Bertz CT molecular complexity index is 1730. The number of amides is 2. The van der Waals surface area contributed by atoms with Gasteiger partial charge in [-0.3, -0.25) is 14.4 Å². The molecule has 3 aliphatic rings. The van der Waals surface area contributed by atoms with Crippen molar-refractivity contribution in [3.63, 3.8) is 0 Å². The lowest BCUT2D eigenvalue weighted by Crippen LogP contribution is -2.49. The predicted octanol–water partition coefficient (Wildman–Crippen LogP) is 5.04. The maximum Gasteiger partial charge on any atom is 0.291 e. The minimum Gasteiger partial charge on any atom is -0.444 e. The highest BCUT2D eigenvalue weighted by atomic mass is 79.9. The third-order valence-corrected chi connectivity index (χ3v) is 9.22. The molecular weight excluding hydrogens is 610 g/mol. The zero-order valence-corrected chi connectivity index (χ0v) is 25.2. The van der Waals surface area contributed by atoms with Crippen LogP contribution in [-0.2, 0) is 6.54 Å². The molecule has 2 unspecified atom stereocenters. The number of fused-ring (bicyclic) bond motifs is 4. The number of benzene rings is 2. The average Bonchev–Trinajstić information content (AvgIpc) is 3.48. The molecule has 2 fully saturated rings. The van der Waals surface area contributed by atoms with E-state index in [1.165, 1.54) is 0 Å². The summed E-state index contributed by atoms with van der Waals surface area (Å²) in [4.78, 5) is 45.9. The monoisotopic (exact) mass is 641 g/mol. The van der Waals surface area contributed by atoms with Crippen LogP contribution in [0.3, 0.4) is 0 Å². The van der Waals surface area contributed by atoms with Gasteiger partial charge in [0.05, 0.1) is 11.4 Å². The number of anilines is 3. The Morgan fingerprint density at radius 1 is 0.837 bits per heavy atom. The van der Waals surface area contributed by atoms with E-state index in [0.29, 0.717) is 48.0 Å². The Labute approximate surface area is 257 Å². The van der Waals surface area contributed by atoms with Gasteiger partial charge in [-0.1, -0.05) is 24.3 Å². The molecule has 7 rings (SSSR count). The minimum atomic E-state index is -0.387. The molecule has 2 atom stereocenters. The molecule has 10 heteroatoms. The highest BCUT2D eigenvalue weighted by Gasteiger charge is 2.35. The van der Waals surface area contributed by atoms with E-state index in [4.69, 9.17) is 4.42 Å². The van der Waals surface area contributed by atoms with E-state index in [2.05, 4.69) is 43.2 Å². The Morgan fingerprint density at radius 3 is 2.42 bits per heavy atom. The first-order chi connectivity index (χ1) is 20.9. The van der Waals surface area contributed by atoms with Crippen LogP contribution in [0.2, 0.25) is 0 Å². The fraction of sp³-hybridized carbons (Fsp3) is 0.303. The number of aromatic nitrogens is 1. The van der Waals surface area contributed by atoms with Gasteiger partial charge in [0, 0.05) is 74.7 Å². The van der Waals surface area contributed by atoms with Crippen LogP contribution in [0.4, 0.5) is 17.1 Å². The van der Waals surface area contributed by atoms with Gasteiger partial charge in [0.15, 0.2) is 10.4 Å². The molecule has 3 aliphatic heterocycles. The summed E-state index contributed by atoms with van der Waals surface area (Å²) in [5.74, 6) is 0.239. The summed E-state index contributed by atoms with van der Waals surface area (Å²) in [6, 6.07) is 24.6. The normalized spacial score (nSPS) is 19.6. The summed E-state index contributed by atoms with van der Waals surface area (Å²) >= 11 is 3.27. The van der Waals surface area contributed by atoms with E-state index in [9.17, 15) is 14.4 Å². The van der Waals surface area contributed by atoms with Crippen LogP contribution in [0.25, 0.3) is 0 Å². The molecule has 2 bridgehead atoms. The van der Waals surface area contributed by atoms with E-state index < -0.39 is 0 Å². The number of rotatable bonds is 5. The summed E-state index contributed by atoms with van der Waals surface area (Å²) in [6.45, 7) is 4.89. The van der Waals surface area contributed by atoms with Crippen LogP contribution in [-0.4, -0.2) is 60.5 Å². The summed E-state index contributed by atoms with van der Waals surface area (Å²) in [5.41, 5.74) is 4.21. The van der Waals surface area contributed by atoms with Gasteiger partial charge in [-0.05, 0) is 76.8 Å². The molecule has 0 spiro atoms. The van der Waals surface area contributed by atoms with E-state index in [1.807, 2.05) is 51.9 Å². The molecule has 2 amide bonds. The van der Waals surface area contributed by atoms with Gasteiger partial charge >= 0.3 is 0 Å². The molecule has 220 valence electrons. The Morgan fingerprint density at radius 2 is 1.65 bits per heavy atom. The Balaban J connectivity index is 1.15. The zero-order chi connectivity index (χ0) is 29.5. The number of piperidine rings is 1. The second-order valence-corrected chi connectivity index (χ2v) is 12.3. The number of piperazine rings is 1. The molecule has 43 heavy (non-hydrogen) atoms. The molecule has 2 aromatic carbocycles. The molecule has 1 N–H and O–H groups in total. The van der Waals surface area contributed by atoms with Gasteiger partial charge in [0.1, 0.15) is 0 Å². The highest BCUT2D eigenvalue weighted by Crippen LogP contribution is 2.39. The molecule has 4 aromatic rings. The summed E-state index contributed by atoms with van der Waals surface area (Å²) in [7, 11) is 0. The highest BCUT2D eigenvalue weighted by molar-refractivity contribution is 9.10. The second-order valence-electron chi connectivity index (χ2n) is 11.5. The number of hydrogen-bond donors (Lipinski definition) is 1. The average molecular weight is 643 g/mol. The SMILES string of the molecule is O=C(Nc1cc(C(=O)N2CCN(c3ccccc3)CC2)ccc1N1CC2CC(C1)c1cccc(=O)n1C2)c1ccc(Br)o1. The number of hydrogen-bond acceptors (Lipinski definition) is 6. The molecule has 2 saturated heterocycles. The van der Waals surface area contributed by atoms with Crippen molar-refractivity contribution in [1.82, 2.24) is 9.47 Å². The summed E-state index contributed by atoms with van der Waals surface area (Å²) < 4.78 is 7.89. The summed E-state index contributed by atoms with van der Waals surface area (Å²) in [5, 5.41) is 3.03.